The molecular weight excluding hydrogens is 376 g/mol. The summed E-state index contributed by atoms with van der Waals surface area (Å²) in [4.78, 5) is 16.7. The predicted octanol–water partition coefficient (Wildman–Crippen LogP) is 2.99. The smallest absolute Gasteiger partial charge is 0.251 e. The highest BCUT2D eigenvalue weighted by Crippen LogP contribution is 2.17. The highest BCUT2D eigenvalue weighted by molar-refractivity contribution is 7.90. The average molecular weight is 396 g/mol. The van der Waals surface area contributed by atoms with E-state index in [0.29, 0.717) is 23.6 Å². The number of benzene rings is 2. The Morgan fingerprint density at radius 1 is 1.00 bits per heavy atom. The fourth-order valence-electron chi connectivity index (χ4n) is 2.69. The maximum Gasteiger partial charge on any atom is 0.251 e. The molecule has 0 saturated carbocycles. The summed E-state index contributed by atoms with van der Waals surface area (Å²) < 4.78 is 30.1. The molecule has 1 heterocycles. The van der Waals surface area contributed by atoms with Crippen LogP contribution in [0.15, 0.2) is 77.8 Å². The first kappa shape index (κ1) is 19.6. The number of rotatable bonds is 7. The van der Waals surface area contributed by atoms with Crippen LogP contribution in [0.5, 0.6) is 5.88 Å². The molecule has 3 rings (SSSR count). The Balaban J connectivity index is 1.69. The van der Waals surface area contributed by atoms with E-state index in [4.69, 9.17) is 4.74 Å². The summed E-state index contributed by atoms with van der Waals surface area (Å²) in [6.07, 6.45) is 1.61. The van der Waals surface area contributed by atoms with Gasteiger partial charge in [0.25, 0.3) is 5.91 Å². The number of carbonyl (C=O) groups is 1. The molecule has 144 valence electrons. The van der Waals surface area contributed by atoms with Crippen molar-refractivity contribution in [2.45, 2.75) is 17.2 Å². The fraction of sp³-hybridized carbons (Fsp3) is 0.143. The minimum atomic E-state index is -3.47. The maximum atomic E-state index is 12.5. The van der Waals surface area contributed by atoms with Crippen molar-refractivity contribution in [1.82, 2.24) is 10.3 Å². The van der Waals surface area contributed by atoms with E-state index in [9.17, 15) is 13.2 Å². The number of nitrogens with one attached hydrogen (secondary N) is 1. The Hall–Kier alpha value is -3.19. The molecule has 1 N–H and O–H groups in total. The molecule has 0 aliphatic carbocycles. The lowest BCUT2D eigenvalue weighted by Crippen LogP contribution is -2.23. The molecule has 6 nitrogen and oxygen atoms in total. The van der Waals surface area contributed by atoms with E-state index in [0.717, 1.165) is 5.56 Å². The van der Waals surface area contributed by atoms with Gasteiger partial charge in [0.1, 0.15) is 0 Å². The molecule has 0 spiro atoms. The number of methoxy groups -OCH3 is 1. The van der Waals surface area contributed by atoms with Crippen molar-refractivity contribution in [3.8, 4) is 5.88 Å². The van der Waals surface area contributed by atoms with Crippen molar-refractivity contribution in [2.75, 3.05) is 7.11 Å². The summed E-state index contributed by atoms with van der Waals surface area (Å²) in [7, 11) is -1.94. The summed E-state index contributed by atoms with van der Waals surface area (Å²) in [5.41, 5.74) is 1.81. The van der Waals surface area contributed by atoms with Gasteiger partial charge in [0.15, 0.2) is 9.84 Å². The maximum absolute atomic E-state index is 12.5. The van der Waals surface area contributed by atoms with E-state index in [2.05, 4.69) is 10.3 Å². The van der Waals surface area contributed by atoms with Gasteiger partial charge in [0, 0.05) is 24.4 Å². The zero-order valence-electron chi connectivity index (χ0n) is 15.3. The molecule has 0 fully saturated rings. The van der Waals surface area contributed by atoms with Crippen LogP contribution in [-0.2, 0) is 22.1 Å². The summed E-state index contributed by atoms with van der Waals surface area (Å²) in [5.74, 6) is 0.0225. The molecule has 2 aromatic carbocycles. The van der Waals surface area contributed by atoms with Crippen molar-refractivity contribution in [2.24, 2.45) is 0 Å². The molecule has 0 aliphatic heterocycles. The second kappa shape index (κ2) is 8.67. The number of nitrogens with zero attached hydrogens (tertiary/aromatic N) is 1. The van der Waals surface area contributed by atoms with Crippen LogP contribution in [0.3, 0.4) is 0 Å². The van der Waals surface area contributed by atoms with Gasteiger partial charge < -0.3 is 10.1 Å². The van der Waals surface area contributed by atoms with Gasteiger partial charge in [-0.1, -0.05) is 30.3 Å². The van der Waals surface area contributed by atoms with E-state index < -0.39 is 9.84 Å². The zero-order valence-corrected chi connectivity index (χ0v) is 16.1. The Bertz CT molecular complexity index is 1070. The van der Waals surface area contributed by atoms with Crippen LogP contribution in [0.25, 0.3) is 0 Å². The zero-order chi connectivity index (χ0) is 20.0. The largest absolute Gasteiger partial charge is 0.481 e. The predicted molar refractivity (Wildman–Crippen MR) is 106 cm³/mol. The lowest BCUT2D eigenvalue weighted by Gasteiger charge is -2.09. The lowest BCUT2D eigenvalue weighted by atomic mass is 10.1. The van der Waals surface area contributed by atoms with Crippen LogP contribution in [0, 0.1) is 0 Å². The number of amides is 1. The number of hydrogen-bond donors (Lipinski definition) is 1. The van der Waals surface area contributed by atoms with E-state index in [1.165, 1.54) is 7.11 Å². The second-order valence-corrected chi connectivity index (χ2v) is 8.15. The number of hydrogen-bond acceptors (Lipinski definition) is 5. The summed E-state index contributed by atoms with van der Waals surface area (Å²) in [5, 5.41) is 2.82. The molecule has 0 bridgehead atoms. The molecule has 0 unspecified atom stereocenters. The summed E-state index contributed by atoms with van der Waals surface area (Å²) >= 11 is 0. The number of pyridine rings is 1. The van der Waals surface area contributed by atoms with Crippen LogP contribution in [0.1, 0.15) is 21.5 Å². The number of sulfone groups is 1. The second-order valence-electron chi connectivity index (χ2n) is 6.16. The van der Waals surface area contributed by atoms with Crippen LogP contribution in [0.2, 0.25) is 0 Å². The van der Waals surface area contributed by atoms with Crippen LogP contribution < -0.4 is 10.1 Å². The lowest BCUT2D eigenvalue weighted by molar-refractivity contribution is 0.0950. The van der Waals surface area contributed by atoms with Crippen LogP contribution in [0.4, 0.5) is 0 Å². The van der Waals surface area contributed by atoms with E-state index >= 15 is 0 Å². The number of carbonyl (C=O) groups excluding carboxylic acids is 1. The topological polar surface area (TPSA) is 85.4 Å². The third-order valence-corrected chi connectivity index (χ3v) is 5.81. The first-order valence-corrected chi connectivity index (χ1v) is 10.3. The van der Waals surface area contributed by atoms with Gasteiger partial charge in [-0.2, -0.15) is 0 Å². The highest BCUT2D eigenvalue weighted by atomic mass is 32.2. The third kappa shape index (κ3) is 4.95. The molecular formula is C21H20N2O4S. The van der Waals surface area contributed by atoms with Gasteiger partial charge in [0.05, 0.1) is 17.8 Å². The van der Waals surface area contributed by atoms with Crippen molar-refractivity contribution in [1.29, 1.82) is 0 Å². The van der Waals surface area contributed by atoms with E-state index in [1.807, 2.05) is 0 Å². The summed E-state index contributed by atoms with van der Waals surface area (Å²) in [6, 6.07) is 18.4. The van der Waals surface area contributed by atoms with Crippen LogP contribution >= 0.6 is 0 Å². The minimum Gasteiger partial charge on any atom is -0.481 e. The quantitative estimate of drug-likeness (QED) is 0.664. The molecule has 1 amide bonds. The van der Waals surface area contributed by atoms with Crippen molar-refractivity contribution >= 4 is 15.7 Å². The number of ether oxygens (including phenoxy) is 1. The normalized spacial score (nSPS) is 11.0. The SMILES string of the molecule is COc1cc(CNC(=O)c2cccc(CS(=O)(=O)c3ccccc3)c2)ccn1. The molecule has 0 radical (unpaired) electrons. The summed E-state index contributed by atoms with van der Waals surface area (Å²) in [6.45, 7) is 0.310. The van der Waals surface area contributed by atoms with Gasteiger partial charge in [-0.25, -0.2) is 13.4 Å². The van der Waals surface area contributed by atoms with Gasteiger partial charge in [-0.05, 0) is 41.5 Å². The average Bonchev–Trinajstić information content (AvgIpc) is 2.72. The monoisotopic (exact) mass is 396 g/mol. The highest BCUT2D eigenvalue weighted by Gasteiger charge is 2.16. The molecule has 0 aliphatic rings. The van der Waals surface area contributed by atoms with E-state index in [1.54, 1.807) is 72.9 Å². The standard InChI is InChI=1S/C21H20N2O4S/c1-27-20-13-16(10-11-22-20)14-23-21(24)18-7-5-6-17(12-18)15-28(25,26)19-8-3-2-4-9-19/h2-13H,14-15H2,1H3,(H,23,24). The minimum absolute atomic E-state index is 0.167. The Morgan fingerprint density at radius 2 is 1.79 bits per heavy atom. The van der Waals surface area contributed by atoms with Crippen molar-refractivity contribution in [3.63, 3.8) is 0 Å². The fourth-order valence-corrected chi connectivity index (χ4v) is 4.05. The van der Waals surface area contributed by atoms with E-state index in [-0.39, 0.29) is 16.6 Å². The van der Waals surface area contributed by atoms with Gasteiger partial charge in [-0.3, -0.25) is 4.79 Å². The third-order valence-electron chi connectivity index (χ3n) is 4.11. The molecule has 3 aromatic rings. The Morgan fingerprint density at radius 3 is 2.54 bits per heavy atom. The molecule has 7 heteroatoms. The van der Waals surface area contributed by atoms with Gasteiger partial charge in [0.2, 0.25) is 5.88 Å². The van der Waals surface area contributed by atoms with Gasteiger partial charge >= 0.3 is 0 Å². The molecule has 0 saturated heterocycles. The Labute approximate surface area is 164 Å². The number of aromatic nitrogens is 1. The van der Waals surface area contributed by atoms with Crippen molar-refractivity contribution in [3.05, 3.63) is 89.6 Å². The first-order chi connectivity index (χ1) is 13.5. The van der Waals surface area contributed by atoms with Crippen LogP contribution in [-0.4, -0.2) is 26.4 Å². The molecule has 28 heavy (non-hydrogen) atoms. The van der Waals surface area contributed by atoms with Crippen molar-refractivity contribution < 1.29 is 17.9 Å². The first-order valence-electron chi connectivity index (χ1n) is 8.62. The Kier molecular flexibility index (Phi) is 6.06. The molecule has 1 aromatic heterocycles. The van der Waals surface area contributed by atoms with Gasteiger partial charge in [-0.15, -0.1) is 0 Å². The molecule has 0 atom stereocenters.